The van der Waals surface area contributed by atoms with Gasteiger partial charge in [0.05, 0.1) is 18.9 Å². The van der Waals surface area contributed by atoms with Crippen molar-refractivity contribution in [1.29, 1.82) is 0 Å². The summed E-state index contributed by atoms with van der Waals surface area (Å²) in [6, 6.07) is 11.0. The molecule has 156 valence electrons. The molecule has 7 heteroatoms. The van der Waals surface area contributed by atoms with Gasteiger partial charge in [-0.15, -0.1) is 0 Å². The Balaban J connectivity index is 1.46. The van der Waals surface area contributed by atoms with Crippen molar-refractivity contribution in [2.24, 2.45) is 16.3 Å². The monoisotopic (exact) mass is 406 g/mol. The summed E-state index contributed by atoms with van der Waals surface area (Å²) >= 11 is 0. The van der Waals surface area contributed by atoms with Gasteiger partial charge in [0.25, 0.3) is 0 Å². The summed E-state index contributed by atoms with van der Waals surface area (Å²) in [4.78, 5) is 36.0. The van der Waals surface area contributed by atoms with Crippen LogP contribution >= 0.6 is 0 Å². The lowest BCUT2D eigenvalue weighted by molar-refractivity contribution is -0.123. The standard InChI is InChI=1S/C23H26N4O3/c1-24-15-23(17-6-7-17)9-11-27(22(23)29)18-8-10-25-20(14-18)26-21(28)13-16-4-3-5-19(12-16)30-2/h3-5,8,10,12,14-15,17H,6-7,9,11,13H2,1-2H3,(H,25,26,28)/b24-15-/t23-/m1/s1. The van der Waals surface area contributed by atoms with Gasteiger partial charge in [-0.1, -0.05) is 12.1 Å². The predicted octanol–water partition coefficient (Wildman–Crippen LogP) is 3.11. The van der Waals surface area contributed by atoms with Crippen LogP contribution in [0.2, 0.25) is 0 Å². The van der Waals surface area contributed by atoms with Crippen LogP contribution in [0.4, 0.5) is 11.5 Å². The number of carbonyl (C=O) groups excluding carboxylic acids is 2. The molecule has 0 unspecified atom stereocenters. The van der Waals surface area contributed by atoms with E-state index in [4.69, 9.17) is 4.74 Å². The van der Waals surface area contributed by atoms with E-state index in [2.05, 4.69) is 15.3 Å². The Bertz CT molecular complexity index is 986. The van der Waals surface area contributed by atoms with Gasteiger partial charge in [0.15, 0.2) is 0 Å². The molecule has 2 aliphatic rings. The first-order chi connectivity index (χ1) is 14.6. The maximum absolute atomic E-state index is 13.2. The van der Waals surface area contributed by atoms with Crippen molar-refractivity contribution in [3.63, 3.8) is 0 Å². The van der Waals surface area contributed by atoms with E-state index in [1.807, 2.05) is 36.5 Å². The Morgan fingerprint density at radius 3 is 2.93 bits per heavy atom. The molecule has 0 bridgehead atoms. The van der Waals surface area contributed by atoms with Gasteiger partial charge >= 0.3 is 0 Å². The highest BCUT2D eigenvalue weighted by Crippen LogP contribution is 2.51. The lowest BCUT2D eigenvalue weighted by atomic mass is 9.82. The fourth-order valence-corrected chi connectivity index (χ4v) is 4.25. The quantitative estimate of drug-likeness (QED) is 0.716. The number of aromatic nitrogens is 1. The van der Waals surface area contributed by atoms with E-state index in [0.717, 1.165) is 30.5 Å². The smallest absolute Gasteiger partial charge is 0.238 e. The number of benzene rings is 1. The molecule has 1 saturated heterocycles. The first kappa shape index (κ1) is 20.1. The van der Waals surface area contributed by atoms with Gasteiger partial charge < -0.3 is 15.0 Å². The number of amides is 2. The van der Waals surface area contributed by atoms with Crippen LogP contribution in [0.1, 0.15) is 24.8 Å². The number of hydrogen-bond acceptors (Lipinski definition) is 5. The van der Waals surface area contributed by atoms with Crippen molar-refractivity contribution in [3.8, 4) is 5.75 Å². The average Bonchev–Trinajstić information content (AvgIpc) is 3.54. The van der Waals surface area contributed by atoms with Crippen LogP contribution in [0.5, 0.6) is 5.75 Å². The number of carbonyl (C=O) groups is 2. The Morgan fingerprint density at radius 1 is 1.37 bits per heavy atom. The Morgan fingerprint density at radius 2 is 2.20 bits per heavy atom. The molecule has 1 aliphatic carbocycles. The van der Waals surface area contributed by atoms with Crippen LogP contribution in [-0.2, 0) is 16.0 Å². The van der Waals surface area contributed by atoms with E-state index in [-0.39, 0.29) is 18.2 Å². The second-order valence-corrected chi connectivity index (χ2v) is 7.88. The van der Waals surface area contributed by atoms with Crippen molar-refractivity contribution in [2.75, 3.05) is 30.9 Å². The van der Waals surface area contributed by atoms with Gasteiger partial charge in [0.2, 0.25) is 11.8 Å². The van der Waals surface area contributed by atoms with Crippen molar-refractivity contribution in [3.05, 3.63) is 48.2 Å². The molecule has 2 aromatic rings. The number of rotatable bonds is 7. The van der Waals surface area contributed by atoms with Crippen LogP contribution in [0.3, 0.4) is 0 Å². The number of ether oxygens (including phenoxy) is 1. The van der Waals surface area contributed by atoms with Crippen LogP contribution in [-0.4, -0.2) is 43.7 Å². The minimum atomic E-state index is -0.478. The fraction of sp³-hybridized carbons (Fsp3) is 0.391. The number of anilines is 2. The molecule has 2 amide bonds. The molecular formula is C23H26N4O3. The van der Waals surface area contributed by atoms with Crippen LogP contribution in [0, 0.1) is 11.3 Å². The normalized spacial score (nSPS) is 21.3. The molecule has 0 spiro atoms. The summed E-state index contributed by atoms with van der Waals surface area (Å²) in [6.07, 6.45) is 6.60. The highest BCUT2D eigenvalue weighted by Gasteiger charge is 2.55. The Kier molecular flexibility index (Phi) is 5.53. The molecule has 1 atom stereocenters. The largest absolute Gasteiger partial charge is 0.497 e. The van der Waals surface area contributed by atoms with Gasteiger partial charge in [-0.25, -0.2) is 4.98 Å². The predicted molar refractivity (Wildman–Crippen MR) is 116 cm³/mol. The third-order valence-corrected chi connectivity index (χ3v) is 5.88. The van der Waals surface area contributed by atoms with Gasteiger partial charge in [0.1, 0.15) is 11.6 Å². The fourth-order valence-electron chi connectivity index (χ4n) is 4.25. The van der Waals surface area contributed by atoms with Crippen LogP contribution < -0.4 is 15.0 Å². The first-order valence-corrected chi connectivity index (χ1v) is 10.2. The second kappa shape index (κ2) is 8.26. The zero-order chi connectivity index (χ0) is 21.1. The summed E-state index contributed by atoms with van der Waals surface area (Å²) in [5, 5.41) is 2.83. The first-order valence-electron chi connectivity index (χ1n) is 10.2. The van der Waals surface area contributed by atoms with E-state index in [9.17, 15) is 9.59 Å². The number of aliphatic imine (C=N–C) groups is 1. The Hall–Kier alpha value is -3.22. The van der Waals surface area contributed by atoms with Gasteiger partial charge in [-0.3, -0.25) is 14.6 Å². The van der Waals surface area contributed by atoms with Crippen molar-refractivity contribution < 1.29 is 14.3 Å². The zero-order valence-corrected chi connectivity index (χ0v) is 17.3. The molecule has 30 heavy (non-hydrogen) atoms. The van der Waals surface area contributed by atoms with Crippen LogP contribution in [0.25, 0.3) is 0 Å². The SMILES string of the molecule is C/N=C\[C@@]1(C2CC2)CCN(c2ccnc(NC(=O)Cc3cccc(OC)c3)c2)C1=O. The molecule has 0 radical (unpaired) electrons. The number of hydrogen-bond donors (Lipinski definition) is 1. The molecular weight excluding hydrogens is 380 g/mol. The maximum Gasteiger partial charge on any atom is 0.238 e. The average molecular weight is 406 g/mol. The molecule has 1 N–H and O–H groups in total. The summed E-state index contributed by atoms with van der Waals surface area (Å²) in [5.41, 5.74) is 1.12. The lowest BCUT2D eigenvalue weighted by Crippen LogP contribution is -2.37. The maximum atomic E-state index is 13.2. The Labute approximate surface area is 176 Å². The van der Waals surface area contributed by atoms with E-state index in [1.54, 1.807) is 31.3 Å². The van der Waals surface area contributed by atoms with Gasteiger partial charge in [0, 0.05) is 37.8 Å². The molecule has 4 rings (SSSR count). The molecule has 2 heterocycles. The molecule has 7 nitrogen and oxygen atoms in total. The minimum Gasteiger partial charge on any atom is -0.497 e. The zero-order valence-electron chi connectivity index (χ0n) is 17.3. The number of methoxy groups -OCH3 is 1. The number of pyridine rings is 1. The highest BCUT2D eigenvalue weighted by atomic mass is 16.5. The van der Waals surface area contributed by atoms with E-state index >= 15 is 0 Å². The molecule has 1 aliphatic heterocycles. The van der Waals surface area contributed by atoms with E-state index in [0.29, 0.717) is 24.0 Å². The molecule has 1 aromatic carbocycles. The summed E-state index contributed by atoms with van der Waals surface area (Å²) in [6.45, 7) is 0.641. The lowest BCUT2D eigenvalue weighted by Gasteiger charge is -2.24. The molecule has 2 fully saturated rings. The summed E-state index contributed by atoms with van der Waals surface area (Å²) < 4.78 is 5.20. The van der Waals surface area contributed by atoms with Crippen molar-refractivity contribution in [2.45, 2.75) is 25.7 Å². The summed E-state index contributed by atoms with van der Waals surface area (Å²) in [7, 11) is 3.32. The number of nitrogens with zero attached hydrogens (tertiary/aromatic N) is 3. The third kappa shape index (κ3) is 3.92. The van der Waals surface area contributed by atoms with E-state index < -0.39 is 5.41 Å². The summed E-state index contributed by atoms with van der Waals surface area (Å²) in [5.74, 6) is 1.45. The van der Waals surface area contributed by atoms with E-state index in [1.165, 1.54) is 0 Å². The third-order valence-electron chi connectivity index (χ3n) is 5.88. The second-order valence-electron chi connectivity index (χ2n) is 7.88. The number of nitrogens with one attached hydrogen (secondary N) is 1. The molecule has 1 saturated carbocycles. The highest BCUT2D eigenvalue weighted by molar-refractivity contribution is 6.10. The molecule has 1 aromatic heterocycles. The minimum absolute atomic E-state index is 0.0930. The topological polar surface area (TPSA) is 83.9 Å². The van der Waals surface area contributed by atoms with Crippen molar-refractivity contribution in [1.82, 2.24) is 4.98 Å². The van der Waals surface area contributed by atoms with Gasteiger partial charge in [-0.05, 0) is 48.9 Å². The van der Waals surface area contributed by atoms with Crippen molar-refractivity contribution >= 4 is 29.5 Å². The van der Waals surface area contributed by atoms with Gasteiger partial charge in [-0.2, -0.15) is 0 Å². The van der Waals surface area contributed by atoms with Crippen LogP contribution in [0.15, 0.2) is 47.6 Å².